The molecule has 1 saturated carbocycles. The second kappa shape index (κ2) is 8.92. The van der Waals surface area contributed by atoms with Gasteiger partial charge in [0.25, 0.3) is 0 Å². The highest BCUT2D eigenvalue weighted by molar-refractivity contribution is 8.13. The van der Waals surface area contributed by atoms with Crippen LogP contribution in [0.4, 0.5) is 0 Å². The summed E-state index contributed by atoms with van der Waals surface area (Å²) in [6.07, 6.45) is 2.96. The van der Waals surface area contributed by atoms with Crippen LogP contribution >= 0.6 is 11.8 Å². The Morgan fingerprint density at radius 2 is 2.11 bits per heavy atom. The van der Waals surface area contributed by atoms with E-state index in [2.05, 4.69) is 4.99 Å². The monoisotopic (exact) mass is 291 g/mol. The van der Waals surface area contributed by atoms with Crippen LogP contribution in [-0.4, -0.2) is 64.7 Å². The van der Waals surface area contributed by atoms with Crippen LogP contribution in [0.3, 0.4) is 0 Å². The van der Waals surface area contributed by atoms with Crippen molar-refractivity contribution in [2.75, 3.05) is 26.0 Å². The van der Waals surface area contributed by atoms with E-state index < -0.39 is 18.3 Å². The summed E-state index contributed by atoms with van der Waals surface area (Å²) in [5.41, 5.74) is 0. The van der Waals surface area contributed by atoms with Crippen LogP contribution < -0.4 is 0 Å². The third-order valence-corrected chi connectivity index (χ3v) is 3.93. The summed E-state index contributed by atoms with van der Waals surface area (Å²) in [5, 5.41) is 29.1. The minimum atomic E-state index is -1.07. The molecule has 0 aromatic heterocycles. The lowest BCUT2D eigenvalue weighted by Crippen LogP contribution is -2.40. The predicted octanol–water partition coefficient (Wildman–Crippen LogP) is 0.667. The van der Waals surface area contributed by atoms with Gasteiger partial charge >= 0.3 is 0 Å². The fourth-order valence-corrected chi connectivity index (χ4v) is 2.35. The van der Waals surface area contributed by atoms with Crippen molar-refractivity contribution in [3.63, 3.8) is 0 Å². The van der Waals surface area contributed by atoms with Crippen LogP contribution in [0.2, 0.25) is 0 Å². The number of hydrogen-bond donors (Lipinski definition) is 3. The van der Waals surface area contributed by atoms with E-state index in [4.69, 9.17) is 9.84 Å². The van der Waals surface area contributed by atoms with Crippen LogP contribution in [0.1, 0.15) is 26.2 Å². The van der Waals surface area contributed by atoms with E-state index >= 15 is 0 Å². The Morgan fingerprint density at radius 3 is 2.58 bits per heavy atom. The van der Waals surface area contributed by atoms with Crippen molar-refractivity contribution in [2.24, 2.45) is 10.9 Å². The second-order valence-corrected chi connectivity index (χ2v) is 5.83. The Morgan fingerprint density at radius 1 is 1.42 bits per heavy atom. The zero-order chi connectivity index (χ0) is 14.3. The van der Waals surface area contributed by atoms with Gasteiger partial charge in [-0.3, -0.25) is 4.99 Å². The molecule has 112 valence electrons. The van der Waals surface area contributed by atoms with E-state index in [9.17, 15) is 10.2 Å². The van der Waals surface area contributed by atoms with Crippen LogP contribution in [0.25, 0.3) is 0 Å². The molecule has 1 rings (SSSR count). The first-order valence-corrected chi connectivity index (χ1v) is 7.96. The highest BCUT2D eigenvalue weighted by Crippen LogP contribution is 2.34. The zero-order valence-electron chi connectivity index (χ0n) is 11.7. The minimum absolute atomic E-state index is 0.312. The fraction of sp³-hybridized carbons (Fsp3) is 0.923. The summed E-state index contributed by atoms with van der Waals surface area (Å²) in [6, 6.07) is 0. The van der Waals surface area contributed by atoms with E-state index in [-0.39, 0.29) is 6.61 Å². The number of ether oxygens (including phenoxy) is 1. The molecule has 1 fully saturated rings. The number of aliphatic hydroxyl groups is 3. The highest BCUT2D eigenvalue weighted by Gasteiger charge is 2.24. The van der Waals surface area contributed by atoms with E-state index in [0.29, 0.717) is 13.2 Å². The Kier molecular flexibility index (Phi) is 7.94. The van der Waals surface area contributed by atoms with Gasteiger partial charge in [0.05, 0.1) is 30.9 Å². The van der Waals surface area contributed by atoms with E-state index in [1.807, 2.05) is 6.26 Å². The van der Waals surface area contributed by atoms with E-state index in [0.717, 1.165) is 17.4 Å². The number of aliphatic hydroxyl groups excluding tert-OH is 3. The van der Waals surface area contributed by atoms with Crippen molar-refractivity contribution in [3.05, 3.63) is 0 Å². The molecule has 0 unspecified atom stereocenters. The summed E-state index contributed by atoms with van der Waals surface area (Å²) >= 11 is 1.67. The lowest BCUT2D eigenvalue weighted by molar-refractivity contribution is -0.100. The summed E-state index contributed by atoms with van der Waals surface area (Å²) in [4.78, 5) is 4.46. The molecule has 1 aliphatic rings. The van der Waals surface area contributed by atoms with Crippen LogP contribution in [0.15, 0.2) is 4.99 Å². The van der Waals surface area contributed by atoms with Crippen molar-refractivity contribution in [2.45, 2.75) is 44.5 Å². The van der Waals surface area contributed by atoms with Gasteiger partial charge < -0.3 is 20.1 Å². The first kappa shape index (κ1) is 16.9. The van der Waals surface area contributed by atoms with Crippen molar-refractivity contribution >= 4 is 16.8 Å². The molecule has 0 saturated heterocycles. The Balaban J connectivity index is 2.24. The number of thioether (sulfide) groups is 1. The lowest BCUT2D eigenvalue weighted by Gasteiger charge is -2.23. The maximum atomic E-state index is 9.59. The third kappa shape index (κ3) is 6.72. The number of aliphatic imine (C=N–C) groups is 1. The molecule has 0 bridgehead atoms. The quantitative estimate of drug-likeness (QED) is 0.330. The van der Waals surface area contributed by atoms with Gasteiger partial charge in [-0.2, -0.15) is 0 Å². The van der Waals surface area contributed by atoms with Gasteiger partial charge in [-0.1, -0.05) is 0 Å². The topological polar surface area (TPSA) is 82.3 Å². The number of rotatable bonds is 9. The van der Waals surface area contributed by atoms with Gasteiger partial charge in [0.2, 0.25) is 0 Å². The first-order chi connectivity index (χ1) is 9.08. The Labute approximate surface area is 119 Å². The maximum absolute atomic E-state index is 9.59. The summed E-state index contributed by atoms with van der Waals surface area (Å²) in [5.74, 6) is 0.814. The van der Waals surface area contributed by atoms with Crippen molar-refractivity contribution in [3.8, 4) is 0 Å². The average Bonchev–Trinajstić information content (AvgIpc) is 3.20. The van der Waals surface area contributed by atoms with Gasteiger partial charge in [0, 0.05) is 0 Å². The van der Waals surface area contributed by atoms with E-state index in [1.54, 1.807) is 11.8 Å². The van der Waals surface area contributed by atoms with Crippen LogP contribution in [0.5, 0.6) is 0 Å². The van der Waals surface area contributed by atoms with Gasteiger partial charge in [0.1, 0.15) is 12.2 Å². The Hall–Kier alpha value is -0.140. The normalized spacial score (nSPS) is 21.2. The summed E-state index contributed by atoms with van der Waals surface area (Å²) in [7, 11) is 0. The van der Waals surface area contributed by atoms with Gasteiger partial charge in [-0.25, -0.2) is 0 Å². The largest absolute Gasteiger partial charge is 0.394 e. The molecule has 0 aromatic rings. The molecule has 5 nitrogen and oxygen atoms in total. The minimum Gasteiger partial charge on any atom is -0.394 e. The van der Waals surface area contributed by atoms with Crippen LogP contribution in [0, 0.1) is 5.92 Å². The van der Waals surface area contributed by atoms with Crippen molar-refractivity contribution in [1.82, 2.24) is 0 Å². The first-order valence-electron chi connectivity index (χ1n) is 6.74. The second-order valence-electron chi connectivity index (χ2n) is 4.95. The number of nitrogens with zero attached hydrogens (tertiary/aromatic N) is 1. The van der Waals surface area contributed by atoms with Crippen LogP contribution in [-0.2, 0) is 4.74 Å². The van der Waals surface area contributed by atoms with Crippen molar-refractivity contribution in [1.29, 1.82) is 0 Å². The molecule has 1 aliphatic carbocycles. The Bertz CT molecular complexity index is 282. The summed E-state index contributed by atoms with van der Waals surface area (Å²) < 4.78 is 5.35. The molecule has 0 heterocycles. The molecular formula is C13H25NO4S. The highest BCUT2D eigenvalue weighted by atomic mass is 32.2. The molecule has 19 heavy (non-hydrogen) atoms. The lowest BCUT2D eigenvalue weighted by atomic mass is 10.1. The molecule has 3 atom stereocenters. The van der Waals surface area contributed by atoms with E-state index in [1.165, 1.54) is 19.8 Å². The average molecular weight is 291 g/mol. The van der Waals surface area contributed by atoms with Gasteiger partial charge in [-0.05, 0) is 38.4 Å². The molecular weight excluding hydrogens is 266 g/mol. The molecule has 3 N–H and O–H groups in total. The molecule has 0 aromatic carbocycles. The molecule has 0 aliphatic heterocycles. The molecule has 0 spiro atoms. The molecule has 0 radical (unpaired) electrons. The summed E-state index contributed by atoms with van der Waals surface area (Å²) in [6.45, 7) is 2.01. The zero-order valence-corrected chi connectivity index (χ0v) is 12.5. The smallest absolute Gasteiger partial charge is 0.109 e. The standard InChI is InChI=1S/C13H25NO4S/c1-9(16)13(17)11(8-15)18-6-5-14-12(19-2)7-10-3-4-10/h9-11,13,15-17H,3-8H2,1-2H3/t9-,11-,13+/m1/s1. The molecule has 0 amide bonds. The third-order valence-electron chi connectivity index (χ3n) is 3.16. The van der Waals surface area contributed by atoms with Gasteiger partial charge in [-0.15, -0.1) is 11.8 Å². The number of hydrogen-bond acceptors (Lipinski definition) is 6. The predicted molar refractivity (Wildman–Crippen MR) is 77.7 cm³/mol. The molecule has 6 heteroatoms. The SMILES string of the molecule is CSC(CC1CC1)=NCCO[C@H](CO)[C@@H](O)[C@@H](C)O. The fourth-order valence-electron chi connectivity index (χ4n) is 1.73. The maximum Gasteiger partial charge on any atom is 0.109 e. The van der Waals surface area contributed by atoms with Crippen molar-refractivity contribution < 1.29 is 20.1 Å². The van der Waals surface area contributed by atoms with Gasteiger partial charge in [0.15, 0.2) is 0 Å².